The van der Waals surface area contributed by atoms with Crippen LogP contribution in [-0.2, 0) is 23.9 Å². The molecule has 1 atom stereocenters. The van der Waals surface area contributed by atoms with Gasteiger partial charge in [0, 0.05) is 25.2 Å². The quantitative estimate of drug-likeness (QED) is 0.690. The monoisotopic (exact) mass is 385 g/mol. The van der Waals surface area contributed by atoms with Gasteiger partial charge in [0.1, 0.15) is 11.4 Å². The third-order valence-electron chi connectivity index (χ3n) is 5.93. The summed E-state index contributed by atoms with van der Waals surface area (Å²) in [5.74, 6) is 0.505. The van der Waals surface area contributed by atoms with Crippen LogP contribution in [0.5, 0.6) is 0 Å². The number of rotatable bonds is 3. The molecular weight excluding hydrogens is 363 g/mol. The first-order chi connectivity index (χ1) is 12.7. The standard InChI is InChI=1S/C17H22F3N5O2/c18-17(19,20)12-9-25-8-10(1-2-13(25)22-12)7-21-11-3-5-16(6-4-11)14(26)23-15(27)24-16/h9-11,21H,1-8H2,(H2,23,24,26,27). The van der Waals surface area contributed by atoms with E-state index in [1.807, 2.05) is 0 Å². The molecule has 3 N–H and O–H groups in total. The van der Waals surface area contributed by atoms with E-state index < -0.39 is 23.4 Å². The van der Waals surface area contributed by atoms with Crippen LogP contribution in [0.1, 0.15) is 43.6 Å². The Bertz CT molecular complexity index is 752. The third-order valence-corrected chi connectivity index (χ3v) is 5.93. The van der Waals surface area contributed by atoms with Crippen molar-refractivity contribution in [3.05, 3.63) is 17.7 Å². The van der Waals surface area contributed by atoms with E-state index in [9.17, 15) is 22.8 Å². The van der Waals surface area contributed by atoms with Crippen LogP contribution in [0.3, 0.4) is 0 Å². The molecule has 3 heterocycles. The molecule has 1 aromatic heterocycles. The predicted molar refractivity (Wildman–Crippen MR) is 88.7 cm³/mol. The first-order valence-electron chi connectivity index (χ1n) is 9.25. The number of urea groups is 1. The highest BCUT2D eigenvalue weighted by Crippen LogP contribution is 2.32. The molecule has 2 fully saturated rings. The summed E-state index contributed by atoms with van der Waals surface area (Å²) in [6.45, 7) is 1.25. The van der Waals surface area contributed by atoms with E-state index in [1.54, 1.807) is 4.57 Å². The number of hydrogen-bond acceptors (Lipinski definition) is 4. The SMILES string of the molecule is O=C1NC(=O)C2(CCC(NCC3CCc4nc(C(F)(F)F)cn4C3)CC2)N1. The van der Waals surface area contributed by atoms with Crippen molar-refractivity contribution in [3.63, 3.8) is 0 Å². The number of alkyl halides is 3. The Morgan fingerprint density at radius 2 is 2.00 bits per heavy atom. The van der Waals surface area contributed by atoms with E-state index in [2.05, 4.69) is 20.9 Å². The van der Waals surface area contributed by atoms with E-state index in [0.717, 1.165) is 32.0 Å². The molecular formula is C17H22F3N5O2. The smallest absolute Gasteiger partial charge is 0.334 e. The van der Waals surface area contributed by atoms with Gasteiger partial charge in [-0.05, 0) is 44.6 Å². The van der Waals surface area contributed by atoms with Gasteiger partial charge in [0.05, 0.1) is 0 Å². The number of imidazole rings is 1. The second kappa shape index (κ2) is 6.50. The number of aromatic nitrogens is 2. The lowest BCUT2D eigenvalue weighted by Gasteiger charge is -2.36. The normalized spacial score (nSPS) is 30.9. The maximum atomic E-state index is 12.8. The van der Waals surface area contributed by atoms with Crippen LogP contribution in [0.15, 0.2) is 6.20 Å². The third kappa shape index (κ3) is 3.54. The summed E-state index contributed by atoms with van der Waals surface area (Å²) < 4.78 is 40.0. The molecule has 4 rings (SSSR count). The lowest BCUT2D eigenvalue weighted by molar-refractivity contribution is -0.141. The Morgan fingerprint density at radius 1 is 1.26 bits per heavy atom. The van der Waals surface area contributed by atoms with E-state index >= 15 is 0 Å². The van der Waals surface area contributed by atoms with Gasteiger partial charge in [-0.25, -0.2) is 9.78 Å². The molecule has 0 radical (unpaired) electrons. The highest BCUT2D eigenvalue weighted by molar-refractivity contribution is 6.07. The van der Waals surface area contributed by atoms with E-state index in [0.29, 0.717) is 31.6 Å². The number of fused-ring (bicyclic) bond motifs is 1. The fraction of sp³-hybridized carbons (Fsp3) is 0.706. The largest absolute Gasteiger partial charge is 0.434 e. The van der Waals surface area contributed by atoms with Crippen LogP contribution in [0, 0.1) is 5.92 Å². The van der Waals surface area contributed by atoms with Crippen molar-refractivity contribution in [1.82, 2.24) is 25.5 Å². The number of aryl methyl sites for hydroxylation is 1. The van der Waals surface area contributed by atoms with Crippen LogP contribution in [0.4, 0.5) is 18.0 Å². The Hall–Kier alpha value is -2.10. The molecule has 1 saturated carbocycles. The summed E-state index contributed by atoms with van der Waals surface area (Å²) in [4.78, 5) is 27.0. The molecule has 0 bridgehead atoms. The Kier molecular flexibility index (Phi) is 4.40. The molecule has 27 heavy (non-hydrogen) atoms. The Labute approximate surface area is 154 Å². The average molecular weight is 385 g/mol. The van der Waals surface area contributed by atoms with E-state index in [1.165, 1.54) is 0 Å². The minimum atomic E-state index is -4.40. The molecule has 1 aromatic rings. The molecule has 10 heteroatoms. The van der Waals surface area contributed by atoms with Crippen molar-refractivity contribution < 1.29 is 22.8 Å². The van der Waals surface area contributed by atoms with E-state index in [-0.39, 0.29) is 17.9 Å². The highest BCUT2D eigenvalue weighted by atomic mass is 19.4. The van der Waals surface area contributed by atoms with Crippen LogP contribution >= 0.6 is 0 Å². The summed E-state index contributed by atoms with van der Waals surface area (Å²) in [7, 11) is 0. The fourth-order valence-electron chi connectivity index (χ4n) is 4.35. The maximum absolute atomic E-state index is 12.8. The maximum Gasteiger partial charge on any atom is 0.434 e. The van der Waals surface area contributed by atoms with Crippen molar-refractivity contribution >= 4 is 11.9 Å². The van der Waals surface area contributed by atoms with Crippen molar-refractivity contribution in [2.24, 2.45) is 5.92 Å². The minimum Gasteiger partial charge on any atom is -0.334 e. The zero-order valence-electron chi connectivity index (χ0n) is 14.7. The molecule has 148 valence electrons. The van der Waals surface area contributed by atoms with Gasteiger partial charge in [-0.1, -0.05) is 0 Å². The number of nitrogens with one attached hydrogen (secondary N) is 3. The van der Waals surface area contributed by atoms with Crippen LogP contribution in [0.25, 0.3) is 0 Å². The van der Waals surface area contributed by atoms with Crippen molar-refractivity contribution in [2.75, 3.05) is 6.54 Å². The number of imide groups is 1. The summed E-state index contributed by atoms with van der Waals surface area (Å²) in [6, 6.07) is -0.182. The van der Waals surface area contributed by atoms with Gasteiger partial charge in [-0.15, -0.1) is 0 Å². The predicted octanol–water partition coefficient (Wildman–Crippen LogP) is 1.57. The summed E-state index contributed by atoms with van der Waals surface area (Å²) in [5, 5.41) is 8.53. The van der Waals surface area contributed by atoms with Gasteiger partial charge < -0.3 is 15.2 Å². The van der Waals surface area contributed by atoms with Crippen LogP contribution < -0.4 is 16.0 Å². The molecule has 0 aromatic carbocycles. The van der Waals surface area contributed by atoms with Gasteiger partial charge in [-0.3, -0.25) is 10.1 Å². The Balaban J connectivity index is 1.28. The Morgan fingerprint density at radius 3 is 2.63 bits per heavy atom. The number of halogens is 3. The van der Waals surface area contributed by atoms with Gasteiger partial charge in [0.15, 0.2) is 5.69 Å². The van der Waals surface area contributed by atoms with Gasteiger partial charge in [0.2, 0.25) is 0 Å². The van der Waals surface area contributed by atoms with E-state index in [4.69, 9.17) is 0 Å². The number of carbonyl (C=O) groups excluding carboxylic acids is 2. The van der Waals surface area contributed by atoms with Crippen LogP contribution in [0.2, 0.25) is 0 Å². The van der Waals surface area contributed by atoms with Crippen molar-refractivity contribution in [1.29, 1.82) is 0 Å². The zero-order chi connectivity index (χ0) is 19.2. The molecule has 1 aliphatic carbocycles. The number of carbonyl (C=O) groups is 2. The molecule has 1 unspecified atom stereocenters. The summed E-state index contributed by atoms with van der Waals surface area (Å²) in [6.07, 6.45) is 0.773. The van der Waals surface area contributed by atoms with Crippen LogP contribution in [-0.4, -0.2) is 39.6 Å². The average Bonchev–Trinajstić information content (AvgIpc) is 3.15. The second-order valence-corrected chi connectivity index (χ2v) is 7.77. The topological polar surface area (TPSA) is 88.1 Å². The number of amides is 3. The van der Waals surface area contributed by atoms with Gasteiger partial charge >= 0.3 is 12.2 Å². The highest BCUT2D eigenvalue weighted by Gasteiger charge is 2.48. The van der Waals surface area contributed by atoms with Crippen molar-refractivity contribution in [3.8, 4) is 0 Å². The van der Waals surface area contributed by atoms with Gasteiger partial charge in [-0.2, -0.15) is 13.2 Å². The lowest BCUT2D eigenvalue weighted by atomic mass is 9.79. The minimum absolute atomic E-state index is 0.244. The van der Waals surface area contributed by atoms with Crippen molar-refractivity contribution in [2.45, 2.75) is 62.8 Å². The molecule has 3 aliphatic rings. The first kappa shape index (κ1) is 18.3. The van der Waals surface area contributed by atoms with Gasteiger partial charge in [0.25, 0.3) is 5.91 Å². The molecule has 1 spiro atoms. The molecule has 7 nitrogen and oxygen atoms in total. The number of nitrogens with zero attached hydrogens (tertiary/aromatic N) is 2. The summed E-state index contributed by atoms with van der Waals surface area (Å²) >= 11 is 0. The summed E-state index contributed by atoms with van der Waals surface area (Å²) in [5.41, 5.74) is -1.58. The lowest BCUT2D eigenvalue weighted by Crippen LogP contribution is -2.52. The molecule has 2 aliphatic heterocycles. The first-order valence-corrected chi connectivity index (χ1v) is 9.25. The zero-order valence-corrected chi connectivity index (χ0v) is 14.7. The number of hydrogen-bond donors (Lipinski definition) is 3. The molecule has 3 amide bonds. The molecule has 1 saturated heterocycles. The fourth-order valence-corrected chi connectivity index (χ4v) is 4.35. The second-order valence-electron chi connectivity index (χ2n) is 7.77.